The third kappa shape index (κ3) is 7.14. The molecular formula is C23H20Cl2N2O3S. The van der Waals surface area contributed by atoms with Crippen molar-refractivity contribution in [3.63, 3.8) is 0 Å². The highest BCUT2D eigenvalue weighted by atomic mass is 35.5. The van der Waals surface area contributed by atoms with Gasteiger partial charge in [0, 0.05) is 16.6 Å². The minimum absolute atomic E-state index is 0.179. The molecule has 1 amide bonds. The average molecular weight is 475 g/mol. The Morgan fingerprint density at radius 3 is 2.39 bits per heavy atom. The quantitative estimate of drug-likeness (QED) is 0.344. The number of carbonyl (C=O) groups is 1. The van der Waals surface area contributed by atoms with Gasteiger partial charge >= 0.3 is 0 Å². The Bertz CT molecular complexity index is 1050. The van der Waals surface area contributed by atoms with Crippen molar-refractivity contribution in [2.45, 2.75) is 6.54 Å². The van der Waals surface area contributed by atoms with Gasteiger partial charge in [0.1, 0.15) is 24.7 Å². The largest absolute Gasteiger partial charge is 0.490 e. The first kappa shape index (κ1) is 22.9. The molecule has 0 spiro atoms. The fourth-order valence-corrected chi connectivity index (χ4v) is 3.30. The lowest BCUT2D eigenvalue weighted by Gasteiger charge is -2.14. The molecule has 0 atom stereocenters. The second-order valence-corrected chi connectivity index (χ2v) is 7.63. The monoisotopic (exact) mass is 474 g/mol. The van der Waals surface area contributed by atoms with E-state index in [1.807, 2.05) is 30.3 Å². The van der Waals surface area contributed by atoms with Crippen molar-refractivity contribution in [1.29, 1.82) is 0 Å². The Labute approximate surface area is 196 Å². The molecule has 160 valence electrons. The van der Waals surface area contributed by atoms with E-state index in [-0.39, 0.29) is 17.6 Å². The van der Waals surface area contributed by atoms with Gasteiger partial charge in [-0.1, -0.05) is 59.6 Å². The lowest BCUT2D eigenvalue weighted by molar-refractivity contribution is 0.0971. The molecule has 3 aromatic rings. The van der Waals surface area contributed by atoms with Crippen molar-refractivity contribution < 1.29 is 14.3 Å². The molecule has 2 N–H and O–H groups in total. The summed E-state index contributed by atoms with van der Waals surface area (Å²) in [6.45, 7) is 0.989. The summed E-state index contributed by atoms with van der Waals surface area (Å²) in [5.41, 5.74) is 1.18. The summed E-state index contributed by atoms with van der Waals surface area (Å²) < 4.78 is 11.3. The Balaban J connectivity index is 1.50. The summed E-state index contributed by atoms with van der Waals surface area (Å²) in [5.74, 6) is 0.828. The topological polar surface area (TPSA) is 59.6 Å². The van der Waals surface area contributed by atoms with Crippen LogP contribution in [0.25, 0.3) is 0 Å². The highest BCUT2D eigenvalue weighted by molar-refractivity contribution is 7.80. The van der Waals surface area contributed by atoms with Crippen LogP contribution in [0.15, 0.2) is 72.8 Å². The Morgan fingerprint density at radius 2 is 1.61 bits per heavy atom. The van der Waals surface area contributed by atoms with Gasteiger partial charge in [-0.05, 0) is 54.2 Å². The average Bonchev–Trinajstić information content (AvgIpc) is 2.77. The van der Waals surface area contributed by atoms with Crippen molar-refractivity contribution in [1.82, 2.24) is 10.6 Å². The number of amides is 1. The molecule has 0 saturated heterocycles. The Kier molecular flexibility index (Phi) is 8.53. The fourth-order valence-electron chi connectivity index (χ4n) is 2.66. The van der Waals surface area contributed by atoms with E-state index < -0.39 is 0 Å². The molecule has 31 heavy (non-hydrogen) atoms. The molecule has 0 radical (unpaired) electrons. The first-order valence-electron chi connectivity index (χ1n) is 9.45. The molecule has 0 saturated carbocycles. The minimum Gasteiger partial charge on any atom is -0.490 e. The molecular weight excluding hydrogens is 455 g/mol. The van der Waals surface area contributed by atoms with E-state index in [1.165, 1.54) is 0 Å². The molecule has 0 aromatic heterocycles. The highest BCUT2D eigenvalue weighted by Gasteiger charge is 2.14. The number of benzene rings is 3. The van der Waals surface area contributed by atoms with Crippen LogP contribution < -0.4 is 20.1 Å². The number of hydrogen-bond acceptors (Lipinski definition) is 4. The van der Waals surface area contributed by atoms with E-state index in [2.05, 4.69) is 10.6 Å². The summed E-state index contributed by atoms with van der Waals surface area (Å²) >= 11 is 17.3. The lowest BCUT2D eigenvalue weighted by Crippen LogP contribution is -2.39. The highest BCUT2D eigenvalue weighted by Crippen LogP contribution is 2.21. The summed E-state index contributed by atoms with van der Waals surface area (Å²) in [4.78, 5) is 12.7. The number of carbonyl (C=O) groups excluding carboxylic acids is 1. The predicted molar refractivity (Wildman–Crippen MR) is 127 cm³/mol. The van der Waals surface area contributed by atoms with E-state index in [1.54, 1.807) is 42.5 Å². The van der Waals surface area contributed by atoms with Gasteiger partial charge in [0.25, 0.3) is 5.91 Å². The van der Waals surface area contributed by atoms with Crippen molar-refractivity contribution in [3.05, 3.63) is 94.0 Å². The molecule has 0 heterocycles. The van der Waals surface area contributed by atoms with E-state index >= 15 is 0 Å². The molecule has 0 fully saturated rings. The Morgan fingerprint density at radius 1 is 0.903 bits per heavy atom. The SMILES string of the molecule is O=C(NC(=S)NCc1ccc(Cl)cc1Cl)c1ccccc1OCCOc1ccccc1. The van der Waals surface area contributed by atoms with E-state index in [9.17, 15) is 4.79 Å². The Hall–Kier alpha value is -2.80. The normalized spacial score (nSPS) is 10.3. The number of hydrogen-bond donors (Lipinski definition) is 2. The number of nitrogens with one attached hydrogen (secondary N) is 2. The van der Waals surface area contributed by atoms with Crippen molar-refractivity contribution >= 4 is 46.4 Å². The zero-order valence-corrected chi connectivity index (χ0v) is 18.8. The van der Waals surface area contributed by atoms with Gasteiger partial charge in [-0.25, -0.2) is 0 Å². The van der Waals surface area contributed by atoms with Crippen LogP contribution in [0.3, 0.4) is 0 Å². The van der Waals surface area contributed by atoms with Crippen LogP contribution in [0.5, 0.6) is 11.5 Å². The number of para-hydroxylation sites is 2. The van der Waals surface area contributed by atoms with Crippen LogP contribution in [0.1, 0.15) is 15.9 Å². The second-order valence-electron chi connectivity index (χ2n) is 6.38. The summed E-state index contributed by atoms with van der Waals surface area (Å²) in [6.07, 6.45) is 0. The van der Waals surface area contributed by atoms with Gasteiger partial charge in [0.2, 0.25) is 0 Å². The molecule has 0 aliphatic rings. The molecule has 0 bridgehead atoms. The molecule has 0 unspecified atom stereocenters. The van der Waals surface area contributed by atoms with Gasteiger partial charge in [-0.3, -0.25) is 10.1 Å². The standard InChI is InChI=1S/C23H20Cl2N2O3S/c24-17-11-10-16(20(25)14-17)15-26-23(31)27-22(28)19-8-4-5-9-21(19)30-13-12-29-18-6-2-1-3-7-18/h1-11,14H,12-13,15H2,(H2,26,27,28,31). The van der Waals surface area contributed by atoms with Gasteiger partial charge < -0.3 is 14.8 Å². The number of rotatable bonds is 8. The van der Waals surface area contributed by atoms with Crippen LogP contribution in [0.4, 0.5) is 0 Å². The number of halogens is 2. The molecule has 3 rings (SSSR count). The third-order valence-corrected chi connectivity index (χ3v) is 5.00. The van der Waals surface area contributed by atoms with E-state index in [4.69, 9.17) is 44.9 Å². The fraction of sp³-hybridized carbons (Fsp3) is 0.130. The zero-order valence-electron chi connectivity index (χ0n) is 16.4. The maximum atomic E-state index is 12.7. The molecule has 8 heteroatoms. The van der Waals surface area contributed by atoms with Crippen LogP contribution in [-0.2, 0) is 6.54 Å². The van der Waals surface area contributed by atoms with Gasteiger partial charge in [-0.15, -0.1) is 0 Å². The molecule has 0 aliphatic carbocycles. The lowest BCUT2D eigenvalue weighted by atomic mass is 10.2. The minimum atomic E-state index is -0.376. The van der Waals surface area contributed by atoms with Crippen LogP contribution in [0.2, 0.25) is 10.0 Å². The number of ether oxygens (including phenoxy) is 2. The summed E-state index contributed by atoms with van der Waals surface area (Å²) in [7, 11) is 0. The summed E-state index contributed by atoms with van der Waals surface area (Å²) in [5, 5.41) is 6.87. The van der Waals surface area contributed by atoms with Crippen LogP contribution in [0, 0.1) is 0 Å². The third-order valence-electron chi connectivity index (χ3n) is 4.17. The van der Waals surface area contributed by atoms with Crippen molar-refractivity contribution in [2.75, 3.05) is 13.2 Å². The van der Waals surface area contributed by atoms with Gasteiger partial charge in [-0.2, -0.15) is 0 Å². The molecule has 5 nitrogen and oxygen atoms in total. The van der Waals surface area contributed by atoms with E-state index in [0.717, 1.165) is 11.3 Å². The van der Waals surface area contributed by atoms with Gasteiger partial charge in [0.05, 0.1) is 5.56 Å². The van der Waals surface area contributed by atoms with Crippen molar-refractivity contribution in [2.24, 2.45) is 0 Å². The maximum absolute atomic E-state index is 12.7. The molecule has 3 aromatic carbocycles. The van der Waals surface area contributed by atoms with E-state index in [0.29, 0.717) is 34.5 Å². The predicted octanol–water partition coefficient (Wildman–Crippen LogP) is 5.26. The van der Waals surface area contributed by atoms with Crippen LogP contribution >= 0.6 is 35.4 Å². The van der Waals surface area contributed by atoms with Crippen molar-refractivity contribution in [3.8, 4) is 11.5 Å². The maximum Gasteiger partial charge on any atom is 0.261 e. The molecule has 0 aliphatic heterocycles. The smallest absolute Gasteiger partial charge is 0.261 e. The first-order chi connectivity index (χ1) is 15.0. The zero-order chi connectivity index (χ0) is 22.1. The first-order valence-corrected chi connectivity index (χ1v) is 10.6. The number of thiocarbonyl (C=S) groups is 1. The van der Waals surface area contributed by atoms with Gasteiger partial charge in [0.15, 0.2) is 5.11 Å². The summed E-state index contributed by atoms with van der Waals surface area (Å²) in [6, 6.07) is 21.6. The second kappa shape index (κ2) is 11.6. The van der Waals surface area contributed by atoms with Crippen LogP contribution in [-0.4, -0.2) is 24.2 Å².